The quantitative estimate of drug-likeness (QED) is 0.195. The summed E-state index contributed by atoms with van der Waals surface area (Å²) in [6.45, 7) is 9.00. The lowest BCUT2D eigenvalue weighted by Crippen LogP contribution is -2.59. The van der Waals surface area contributed by atoms with Gasteiger partial charge in [-0.25, -0.2) is 9.59 Å². The Hall–Kier alpha value is -3.15. The van der Waals surface area contributed by atoms with Gasteiger partial charge in [-0.2, -0.15) is 0 Å². The van der Waals surface area contributed by atoms with E-state index in [2.05, 4.69) is 22.5 Å². The topological polar surface area (TPSA) is 169 Å². The van der Waals surface area contributed by atoms with Crippen LogP contribution in [0, 0.1) is 17.8 Å². The van der Waals surface area contributed by atoms with Crippen LogP contribution >= 0.6 is 0 Å². The summed E-state index contributed by atoms with van der Waals surface area (Å²) < 4.78 is 14.9. The molecule has 12 heteroatoms. The fourth-order valence-electron chi connectivity index (χ4n) is 4.18. The first-order valence-corrected chi connectivity index (χ1v) is 10.6. The van der Waals surface area contributed by atoms with Gasteiger partial charge in [-0.3, -0.25) is 14.4 Å². The Bertz CT molecular complexity index is 822. The Balaban J connectivity index is 1.98. The van der Waals surface area contributed by atoms with Crippen LogP contribution in [0.2, 0.25) is 0 Å². The maximum atomic E-state index is 12.8. The zero-order chi connectivity index (χ0) is 25.0. The summed E-state index contributed by atoms with van der Waals surface area (Å²) in [5.41, 5.74) is -2.37. The van der Waals surface area contributed by atoms with Crippen LogP contribution < -0.4 is 16.0 Å². The van der Waals surface area contributed by atoms with Gasteiger partial charge in [0, 0.05) is 18.3 Å². The second kappa shape index (κ2) is 10.2. The van der Waals surface area contributed by atoms with Gasteiger partial charge in [-0.1, -0.05) is 6.58 Å². The highest BCUT2D eigenvalue weighted by Gasteiger charge is 2.76. The van der Waals surface area contributed by atoms with E-state index in [4.69, 9.17) is 14.2 Å². The van der Waals surface area contributed by atoms with E-state index in [1.165, 1.54) is 0 Å². The Morgan fingerprint density at radius 2 is 1.76 bits per heavy atom. The van der Waals surface area contributed by atoms with Crippen LogP contribution in [0.25, 0.3) is 0 Å². The number of rotatable bonds is 9. The molecule has 0 unspecified atom stereocenters. The van der Waals surface area contributed by atoms with Gasteiger partial charge in [0.1, 0.15) is 17.7 Å². The Morgan fingerprint density at radius 3 is 2.33 bits per heavy atom. The molecule has 184 valence electrons. The van der Waals surface area contributed by atoms with Crippen molar-refractivity contribution in [2.75, 3.05) is 19.7 Å². The predicted octanol–water partition coefficient (Wildman–Crippen LogP) is -0.641. The lowest BCUT2D eigenvalue weighted by Gasteiger charge is -2.31. The van der Waals surface area contributed by atoms with Crippen LogP contribution in [0.3, 0.4) is 0 Å². The number of carbonyl (C=O) groups is 5. The average molecular weight is 469 g/mol. The number of aliphatic hydroxyl groups excluding tert-OH is 1. The van der Waals surface area contributed by atoms with Gasteiger partial charge in [0.05, 0.1) is 31.4 Å². The molecule has 3 amide bonds. The lowest BCUT2D eigenvalue weighted by atomic mass is 9.89. The first kappa shape index (κ1) is 26.1. The molecule has 0 aromatic rings. The number of ether oxygens (including phenoxy) is 3. The summed E-state index contributed by atoms with van der Waals surface area (Å²) in [6, 6.07) is 0. The van der Waals surface area contributed by atoms with Crippen LogP contribution in [0.5, 0.6) is 0 Å². The highest BCUT2D eigenvalue weighted by molar-refractivity contribution is 5.94. The van der Waals surface area contributed by atoms with Crippen molar-refractivity contribution in [3.05, 3.63) is 12.8 Å². The van der Waals surface area contributed by atoms with Crippen LogP contribution in [0.1, 0.15) is 34.1 Å². The van der Waals surface area contributed by atoms with E-state index < -0.39 is 77.9 Å². The molecule has 0 heterocycles. The summed E-state index contributed by atoms with van der Waals surface area (Å²) >= 11 is 0. The third-order valence-electron chi connectivity index (χ3n) is 5.33. The summed E-state index contributed by atoms with van der Waals surface area (Å²) in [6.07, 6.45) is -1.01. The zero-order valence-electron chi connectivity index (χ0n) is 19.1. The van der Waals surface area contributed by atoms with Crippen LogP contribution in [-0.4, -0.2) is 71.9 Å². The number of esters is 2. The molecule has 2 rings (SSSR count). The number of amides is 3. The van der Waals surface area contributed by atoms with E-state index in [9.17, 15) is 29.1 Å². The second-order valence-electron chi connectivity index (χ2n) is 8.88. The van der Waals surface area contributed by atoms with Crippen molar-refractivity contribution in [2.45, 2.75) is 51.4 Å². The summed E-state index contributed by atoms with van der Waals surface area (Å²) in [7, 11) is 0. The minimum atomic E-state index is -1.64. The molecule has 0 aromatic heterocycles. The minimum Gasteiger partial charge on any atom is -0.464 e. The molecule has 4 N–H and O–H groups in total. The van der Waals surface area contributed by atoms with Crippen LogP contribution in [-0.2, 0) is 33.4 Å². The standard InChI is InChI=1S/C21H31N3O9/c1-6-31-17(28)15-14-11(25)8-21(16(14)15,18(29)32-7-2)24-13(27)10-22-12(26)9-23-19(30)33-20(3,4)5/h6,11,14-16,25H,1,7-10H2,2-5H3,(H,22,26)(H,23,30)(H,24,27)/t11-,14-,15-,16-,21-/m0/s1. The van der Waals surface area contributed by atoms with Crippen molar-refractivity contribution in [1.29, 1.82) is 0 Å². The fraction of sp³-hybridized carbons (Fsp3) is 0.667. The monoisotopic (exact) mass is 469 g/mol. The van der Waals surface area contributed by atoms with Crippen LogP contribution in [0.4, 0.5) is 4.79 Å². The highest BCUT2D eigenvalue weighted by Crippen LogP contribution is 2.63. The van der Waals surface area contributed by atoms with E-state index in [0.717, 1.165) is 6.26 Å². The molecule has 0 aromatic carbocycles. The van der Waals surface area contributed by atoms with E-state index in [1.54, 1.807) is 27.7 Å². The number of alkyl carbamates (subject to hydrolysis) is 1. The zero-order valence-corrected chi connectivity index (χ0v) is 19.1. The second-order valence-corrected chi connectivity index (χ2v) is 8.88. The highest BCUT2D eigenvalue weighted by atomic mass is 16.6. The molecule has 12 nitrogen and oxygen atoms in total. The predicted molar refractivity (Wildman–Crippen MR) is 112 cm³/mol. The van der Waals surface area contributed by atoms with Gasteiger partial charge in [0.2, 0.25) is 11.8 Å². The minimum absolute atomic E-state index is 0.0266. The van der Waals surface area contributed by atoms with E-state index >= 15 is 0 Å². The molecule has 0 saturated heterocycles. The molecule has 2 fully saturated rings. The van der Waals surface area contributed by atoms with Crippen molar-refractivity contribution < 1.29 is 43.3 Å². The molecule has 0 radical (unpaired) electrons. The van der Waals surface area contributed by atoms with E-state index in [0.29, 0.717) is 0 Å². The summed E-state index contributed by atoms with van der Waals surface area (Å²) in [4.78, 5) is 61.1. The molecular weight excluding hydrogens is 438 g/mol. The van der Waals surface area contributed by atoms with Crippen molar-refractivity contribution in [3.63, 3.8) is 0 Å². The third kappa shape index (κ3) is 6.21. The molecule has 33 heavy (non-hydrogen) atoms. The first-order chi connectivity index (χ1) is 15.4. The Labute approximate surface area is 191 Å². The SMILES string of the molecule is C=COC(=O)[C@H]1[C@H]2[C@@H]1[C@](NC(=O)CNC(=O)CNC(=O)OC(C)(C)C)(C(=O)OCC)C[C@@H]2O. The molecule has 2 aliphatic rings. The fourth-order valence-corrected chi connectivity index (χ4v) is 4.18. The number of hydrogen-bond acceptors (Lipinski definition) is 9. The van der Waals surface area contributed by atoms with Gasteiger partial charge in [-0.15, -0.1) is 0 Å². The van der Waals surface area contributed by atoms with Crippen molar-refractivity contribution in [3.8, 4) is 0 Å². The molecule has 0 aliphatic heterocycles. The Kier molecular flexibility index (Phi) is 8.06. The normalized spacial score (nSPS) is 27.4. The molecule has 0 spiro atoms. The molecule has 2 saturated carbocycles. The first-order valence-electron chi connectivity index (χ1n) is 10.6. The number of nitrogens with one attached hydrogen (secondary N) is 3. The summed E-state index contributed by atoms with van der Waals surface area (Å²) in [5, 5.41) is 17.5. The smallest absolute Gasteiger partial charge is 0.408 e. The molecule has 2 aliphatic carbocycles. The molecule has 0 bridgehead atoms. The van der Waals surface area contributed by atoms with Gasteiger partial charge in [-0.05, 0) is 27.7 Å². The maximum Gasteiger partial charge on any atom is 0.408 e. The number of hydrogen-bond donors (Lipinski definition) is 4. The van der Waals surface area contributed by atoms with Crippen molar-refractivity contribution in [1.82, 2.24) is 16.0 Å². The number of fused-ring (bicyclic) bond motifs is 1. The van der Waals surface area contributed by atoms with Gasteiger partial charge in [0.25, 0.3) is 0 Å². The summed E-state index contributed by atoms with van der Waals surface area (Å²) in [5.74, 6) is -4.93. The Morgan fingerprint density at radius 1 is 1.12 bits per heavy atom. The van der Waals surface area contributed by atoms with Crippen molar-refractivity contribution >= 4 is 29.8 Å². The average Bonchev–Trinajstić information content (AvgIpc) is 3.39. The van der Waals surface area contributed by atoms with Gasteiger partial charge in [0.15, 0.2) is 0 Å². The third-order valence-corrected chi connectivity index (χ3v) is 5.33. The largest absolute Gasteiger partial charge is 0.464 e. The lowest BCUT2D eigenvalue weighted by molar-refractivity contribution is -0.156. The van der Waals surface area contributed by atoms with Gasteiger partial charge >= 0.3 is 18.0 Å². The molecule has 5 atom stereocenters. The van der Waals surface area contributed by atoms with Crippen LogP contribution in [0.15, 0.2) is 12.8 Å². The van der Waals surface area contributed by atoms with E-state index in [1.807, 2.05) is 0 Å². The maximum absolute atomic E-state index is 12.8. The number of aliphatic hydroxyl groups is 1. The van der Waals surface area contributed by atoms with Crippen molar-refractivity contribution in [2.24, 2.45) is 17.8 Å². The molecular formula is C21H31N3O9. The van der Waals surface area contributed by atoms with Gasteiger partial charge < -0.3 is 35.3 Å². The number of carbonyl (C=O) groups excluding carboxylic acids is 5. The van der Waals surface area contributed by atoms with E-state index in [-0.39, 0.29) is 13.0 Å².